The van der Waals surface area contributed by atoms with E-state index in [1.54, 1.807) is 74.4 Å². The van der Waals surface area contributed by atoms with Crippen LogP contribution in [0.3, 0.4) is 0 Å². The molecule has 0 bridgehead atoms. The summed E-state index contributed by atoms with van der Waals surface area (Å²) in [6.07, 6.45) is 7.03. The van der Waals surface area contributed by atoms with Gasteiger partial charge >= 0.3 is 13.5 Å². The average molecular weight is 976 g/mol. The van der Waals surface area contributed by atoms with Crippen LogP contribution in [-0.2, 0) is 16.1 Å². The number of amides is 3. The predicted octanol–water partition coefficient (Wildman–Crippen LogP) is 8.21. The van der Waals surface area contributed by atoms with Crippen LogP contribution in [0.15, 0.2) is 76.8 Å². The molecule has 4 heterocycles. The SMILES string of the molecule is C/C=C1\C[C@H]2C=Nc3cc(OCC(C)(C)CCC(C)(C)CCOc4cc5c(cc4OC)C(=O)N4C/C(=C/C)C[C@H]4[C@H](O)N5C(=O)OCc4ccc(NBC(=O)C(C)(C)CO)cc4)c(OC)cc3C(=O)N2C1. The first-order valence-corrected chi connectivity index (χ1v) is 24.5. The number of aliphatic hydroxyl groups excluding tert-OH is 2. The molecule has 2 fully saturated rings. The number of methoxy groups -OCH3 is 2. The molecule has 3 amide bonds. The van der Waals surface area contributed by atoms with Crippen LogP contribution in [0, 0.1) is 16.2 Å². The number of fused-ring (bicyclic) bond motifs is 4. The summed E-state index contributed by atoms with van der Waals surface area (Å²) >= 11 is 0. The highest BCUT2D eigenvalue weighted by Gasteiger charge is 2.47. The van der Waals surface area contributed by atoms with Crippen LogP contribution in [0.5, 0.6) is 23.0 Å². The van der Waals surface area contributed by atoms with Crippen molar-refractivity contribution in [1.82, 2.24) is 9.80 Å². The van der Waals surface area contributed by atoms with Crippen LogP contribution in [0.2, 0.25) is 0 Å². The number of ether oxygens (including phenoxy) is 5. The number of aliphatic imine (C=N–C) groups is 1. The molecule has 0 aromatic heterocycles. The minimum Gasteiger partial charge on any atom is -0.493 e. The fraction of sp³-hybridized carbons (Fsp3) is 0.500. The Morgan fingerprint density at radius 3 is 2.08 bits per heavy atom. The highest BCUT2D eigenvalue weighted by molar-refractivity contribution is 6.77. The number of carbonyl (C=O) groups excluding carboxylic acids is 4. The van der Waals surface area contributed by atoms with Crippen LogP contribution >= 0.6 is 0 Å². The Hall–Kier alpha value is -6.33. The van der Waals surface area contributed by atoms with Crippen molar-refractivity contribution in [2.75, 3.05) is 57.3 Å². The predicted molar refractivity (Wildman–Crippen MR) is 275 cm³/mol. The minimum atomic E-state index is -1.44. The molecular formula is C54H70BN5O11. The third-order valence-electron chi connectivity index (χ3n) is 14.4. The van der Waals surface area contributed by atoms with E-state index in [-0.39, 0.29) is 72.9 Å². The summed E-state index contributed by atoms with van der Waals surface area (Å²) in [6, 6.07) is 12.9. The maximum absolute atomic E-state index is 14.3. The van der Waals surface area contributed by atoms with Crippen molar-refractivity contribution in [3.63, 3.8) is 0 Å². The zero-order chi connectivity index (χ0) is 51.4. The highest BCUT2D eigenvalue weighted by atomic mass is 16.6. The van der Waals surface area contributed by atoms with Crippen molar-refractivity contribution in [2.45, 2.75) is 112 Å². The Morgan fingerprint density at radius 2 is 1.42 bits per heavy atom. The van der Waals surface area contributed by atoms with E-state index >= 15 is 0 Å². The molecule has 0 spiro atoms. The van der Waals surface area contributed by atoms with Crippen molar-refractivity contribution in [3.8, 4) is 23.0 Å². The lowest BCUT2D eigenvalue weighted by Gasteiger charge is -2.32. The Balaban J connectivity index is 1.00. The smallest absolute Gasteiger partial charge is 0.416 e. The van der Waals surface area contributed by atoms with E-state index in [1.165, 1.54) is 12.7 Å². The molecule has 3 atom stereocenters. The standard InChI is InChI=1S/C54H70BN5O11/c1-11-33-21-37-27-56-40-25-45(43(67-9)23-38(40)47(62)58(37)28-33)71-32-53(5,6)18-17-52(3,4)19-20-69-46-26-41-39(24-44(46)68-10)48(63)59-29-34(12-2)22-42(59)49(64)60(41)51(66)70-30-35-13-15-36(16-14-35)57-55-50(65)54(7,8)31-61/h11-16,23-27,37,42,49,55,57,61,64H,17-22,28-32H2,1-10H3/b33-11+,34-12+/t37-,42-,49-/m0/s1. The molecular weight excluding hydrogens is 905 g/mol. The van der Waals surface area contributed by atoms with Gasteiger partial charge in [-0.1, -0.05) is 77.0 Å². The normalized spacial score (nSPS) is 19.9. The Bertz CT molecular complexity index is 2590. The Morgan fingerprint density at radius 1 is 0.803 bits per heavy atom. The summed E-state index contributed by atoms with van der Waals surface area (Å²) in [7, 11) is 3.10. The first-order valence-electron chi connectivity index (χ1n) is 24.5. The molecule has 7 rings (SSSR count). The average Bonchev–Trinajstić information content (AvgIpc) is 3.96. The largest absolute Gasteiger partial charge is 0.493 e. The van der Waals surface area contributed by atoms with Gasteiger partial charge in [-0.25, -0.2) is 9.69 Å². The summed E-state index contributed by atoms with van der Waals surface area (Å²) in [5.74, 6) is 1.19. The van der Waals surface area contributed by atoms with Crippen molar-refractivity contribution in [1.29, 1.82) is 0 Å². The molecule has 3 N–H and O–H groups in total. The fourth-order valence-corrected chi connectivity index (χ4v) is 9.14. The van der Waals surface area contributed by atoms with Crippen molar-refractivity contribution < 1.29 is 53.1 Å². The van der Waals surface area contributed by atoms with Gasteiger partial charge in [0.05, 0.1) is 68.6 Å². The first-order chi connectivity index (χ1) is 33.7. The molecule has 0 saturated carbocycles. The van der Waals surface area contributed by atoms with Gasteiger partial charge in [-0.3, -0.25) is 14.6 Å². The van der Waals surface area contributed by atoms with E-state index in [4.69, 9.17) is 28.7 Å². The zero-order valence-corrected chi connectivity index (χ0v) is 42.9. The molecule has 16 nitrogen and oxygen atoms in total. The lowest BCUT2D eigenvalue weighted by Crippen LogP contribution is -2.50. The molecule has 0 unspecified atom stereocenters. The van der Waals surface area contributed by atoms with Crippen LogP contribution in [0.4, 0.5) is 21.9 Å². The van der Waals surface area contributed by atoms with Crippen molar-refractivity contribution in [3.05, 3.63) is 88.5 Å². The second kappa shape index (κ2) is 21.6. The van der Waals surface area contributed by atoms with E-state index < -0.39 is 23.8 Å². The first kappa shape index (κ1) is 52.5. The van der Waals surface area contributed by atoms with Crippen molar-refractivity contribution in [2.24, 2.45) is 21.2 Å². The topological polar surface area (TPSA) is 189 Å². The monoisotopic (exact) mass is 976 g/mol. The van der Waals surface area contributed by atoms with Gasteiger partial charge in [0.15, 0.2) is 29.2 Å². The maximum Gasteiger partial charge on any atom is 0.416 e. The molecule has 2 saturated heterocycles. The van der Waals surface area contributed by atoms with Gasteiger partial charge in [0.1, 0.15) is 12.3 Å². The molecule has 0 aliphatic carbocycles. The van der Waals surface area contributed by atoms with Crippen LogP contribution in [-0.4, -0.2) is 123 Å². The summed E-state index contributed by atoms with van der Waals surface area (Å²) in [5, 5.41) is 24.6. The van der Waals surface area contributed by atoms with Crippen LogP contribution in [0.1, 0.15) is 114 Å². The second-order valence-corrected chi connectivity index (χ2v) is 21.2. The van der Waals surface area contributed by atoms with Gasteiger partial charge in [0, 0.05) is 42.5 Å². The number of carbonyl (C=O) groups is 4. The van der Waals surface area contributed by atoms with Gasteiger partial charge in [0.25, 0.3) is 11.8 Å². The molecule has 17 heteroatoms. The number of aliphatic hydroxyl groups is 2. The van der Waals surface area contributed by atoms with E-state index in [0.29, 0.717) is 78.0 Å². The Kier molecular flexibility index (Phi) is 16.0. The van der Waals surface area contributed by atoms with Crippen LogP contribution < -0.4 is 29.1 Å². The van der Waals surface area contributed by atoms with Gasteiger partial charge in [-0.15, -0.1) is 0 Å². The number of allylic oxidation sites excluding steroid dienone is 2. The minimum absolute atomic E-state index is 0.0395. The number of anilines is 2. The lowest BCUT2D eigenvalue weighted by molar-refractivity contribution is -0.121. The van der Waals surface area contributed by atoms with Gasteiger partial charge in [-0.2, -0.15) is 0 Å². The summed E-state index contributed by atoms with van der Waals surface area (Å²) < 4.78 is 30.2. The number of benzene rings is 3. The molecule has 4 aliphatic rings. The molecule has 380 valence electrons. The van der Waals surface area contributed by atoms with E-state index in [9.17, 15) is 29.4 Å². The van der Waals surface area contributed by atoms with E-state index in [1.807, 2.05) is 31.0 Å². The second-order valence-electron chi connectivity index (χ2n) is 21.2. The fourth-order valence-electron chi connectivity index (χ4n) is 9.14. The number of rotatable bonds is 19. The lowest BCUT2D eigenvalue weighted by atomic mass is 9.71. The number of nitrogens with zero attached hydrogens (tertiary/aromatic N) is 4. The Labute approximate surface area is 418 Å². The molecule has 71 heavy (non-hydrogen) atoms. The van der Waals surface area contributed by atoms with Gasteiger partial charge in [-0.05, 0) is 86.6 Å². The van der Waals surface area contributed by atoms with E-state index in [0.717, 1.165) is 29.7 Å². The van der Waals surface area contributed by atoms with E-state index in [2.05, 4.69) is 39.0 Å². The summed E-state index contributed by atoms with van der Waals surface area (Å²) in [6.45, 7) is 17.1. The highest BCUT2D eigenvalue weighted by Crippen LogP contribution is 2.44. The number of hydrogen-bond acceptors (Lipinski definition) is 13. The molecule has 0 radical (unpaired) electrons. The third kappa shape index (κ3) is 11.7. The molecule has 4 aliphatic heterocycles. The summed E-state index contributed by atoms with van der Waals surface area (Å²) in [4.78, 5) is 63.9. The summed E-state index contributed by atoms with van der Waals surface area (Å²) in [5.41, 5.74) is 3.46. The molecule has 3 aromatic carbocycles. The maximum atomic E-state index is 14.3. The van der Waals surface area contributed by atoms with Gasteiger partial charge < -0.3 is 53.7 Å². The zero-order valence-electron chi connectivity index (χ0n) is 42.9. The quantitative estimate of drug-likeness (QED) is 0.0773. The van der Waals surface area contributed by atoms with Gasteiger partial charge in [0.2, 0.25) is 0 Å². The number of hydrogen-bond donors (Lipinski definition) is 3. The molecule has 3 aromatic rings. The van der Waals surface area contributed by atoms with Crippen molar-refractivity contribution >= 4 is 54.3 Å². The third-order valence-corrected chi connectivity index (χ3v) is 14.4. The number of nitrogens with one attached hydrogen (secondary N) is 1. The van der Waals surface area contributed by atoms with Crippen LogP contribution in [0.25, 0.3) is 0 Å².